The normalized spacial score (nSPS) is 13.1. The molecule has 0 spiro atoms. The maximum atomic E-state index is 13.4. The predicted octanol–water partition coefficient (Wildman–Crippen LogP) is 5.60. The Morgan fingerprint density at radius 3 is 2.49 bits per heavy atom. The van der Waals surface area contributed by atoms with E-state index in [4.69, 9.17) is 9.47 Å². The van der Waals surface area contributed by atoms with Crippen LogP contribution >= 0.6 is 23.1 Å². The van der Waals surface area contributed by atoms with Crippen LogP contribution in [0.25, 0.3) is 0 Å². The molecule has 9 nitrogen and oxygen atoms in total. The van der Waals surface area contributed by atoms with E-state index in [-0.39, 0.29) is 24.3 Å². The number of thioether (sulfide) groups is 1. The van der Waals surface area contributed by atoms with Gasteiger partial charge in [-0.25, -0.2) is 4.79 Å². The zero-order chi connectivity index (χ0) is 29.5. The fourth-order valence-electron chi connectivity index (χ4n) is 4.45. The summed E-state index contributed by atoms with van der Waals surface area (Å²) in [7, 11) is 1.57. The minimum absolute atomic E-state index is 0.0304. The standard InChI is InChI=1S/C30H33N3O6S2/c1-5-24(40-22-9-7-8-20(16-22)31-27(35)19-10-12-21(38-4)13-11-19)28(36)32-29-26(30(37)39-6-2)23-14-15-33(18(3)34)17-25(23)41-29/h7-13,16,24H,5-6,14-15,17H2,1-4H3,(H,31,35)(H,32,36). The summed E-state index contributed by atoms with van der Waals surface area (Å²) in [6, 6.07) is 14.1. The molecule has 1 atom stereocenters. The van der Waals surface area contributed by atoms with Gasteiger partial charge in [0.15, 0.2) is 0 Å². The molecule has 41 heavy (non-hydrogen) atoms. The predicted molar refractivity (Wildman–Crippen MR) is 161 cm³/mol. The van der Waals surface area contributed by atoms with Gasteiger partial charge in [0, 0.05) is 34.5 Å². The average molecular weight is 596 g/mol. The highest BCUT2D eigenvalue weighted by Crippen LogP contribution is 2.38. The molecule has 0 fully saturated rings. The number of carbonyl (C=O) groups is 4. The average Bonchev–Trinajstić information content (AvgIpc) is 3.33. The molecular formula is C30H33N3O6S2. The Hall–Kier alpha value is -3.83. The number of hydrogen-bond donors (Lipinski definition) is 2. The lowest BCUT2D eigenvalue weighted by Gasteiger charge is -2.25. The molecule has 1 aromatic heterocycles. The van der Waals surface area contributed by atoms with Crippen LogP contribution in [0.5, 0.6) is 5.75 Å². The van der Waals surface area contributed by atoms with Crippen LogP contribution in [0.15, 0.2) is 53.4 Å². The molecule has 1 aliphatic heterocycles. The SMILES string of the molecule is CCOC(=O)c1c(NC(=O)C(CC)Sc2cccc(NC(=O)c3ccc(OC)cc3)c2)sc2c1CCN(C(C)=O)C2. The van der Waals surface area contributed by atoms with E-state index in [1.807, 2.05) is 25.1 Å². The number of ether oxygens (including phenoxy) is 2. The summed E-state index contributed by atoms with van der Waals surface area (Å²) in [6.45, 7) is 6.31. The second-order valence-electron chi connectivity index (χ2n) is 9.33. The van der Waals surface area contributed by atoms with Crippen molar-refractivity contribution < 1.29 is 28.7 Å². The number of benzene rings is 2. The van der Waals surface area contributed by atoms with Crippen molar-refractivity contribution in [3.63, 3.8) is 0 Å². The number of fused-ring (bicyclic) bond motifs is 1. The lowest BCUT2D eigenvalue weighted by Crippen LogP contribution is -2.34. The van der Waals surface area contributed by atoms with Crippen LogP contribution in [-0.2, 0) is 27.3 Å². The maximum absolute atomic E-state index is 13.4. The van der Waals surface area contributed by atoms with Gasteiger partial charge in [-0.3, -0.25) is 14.4 Å². The van der Waals surface area contributed by atoms with Crippen molar-refractivity contribution in [2.45, 2.75) is 50.3 Å². The summed E-state index contributed by atoms with van der Waals surface area (Å²) < 4.78 is 10.5. The number of nitrogens with zero attached hydrogens (tertiary/aromatic N) is 1. The maximum Gasteiger partial charge on any atom is 0.341 e. The van der Waals surface area contributed by atoms with Crippen LogP contribution in [0.3, 0.4) is 0 Å². The fraction of sp³-hybridized carbons (Fsp3) is 0.333. The zero-order valence-electron chi connectivity index (χ0n) is 23.4. The molecule has 1 aliphatic rings. The summed E-state index contributed by atoms with van der Waals surface area (Å²) in [6.07, 6.45) is 1.06. The van der Waals surface area contributed by atoms with Crippen LogP contribution in [0.4, 0.5) is 10.7 Å². The van der Waals surface area contributed by atoms with Gasteiger partial charge in [0.1, 0.15) is 10.8 Å². The number of amides is 3. The van der Waals surface area contributed by atoms with Gasteiger partial charge >= 0.3 is 5.97 Å². The topological polar surface area (TPSA) is 114 Å². The number of methoxy groups -OCH3 is 1. The van der Waals surface area contributed by atoms with Crippen molar-refractivity contribution in [1.29, 1.82) is 0 Å². The number of hydrogen-bond acceptors (Lipinski definition) is 8. The summed E-state index contributed by atoms with van der Waals surface area (Å²) in [4.78, 5) is 54.4. The van der Waals surface area contributed by atoms with Gasteiger partial charge in [0.2, 0.25) is 11.8 Å². The second-order valence-corrected chi connectivity index (χ2v) is 11.7. The number of anilines is 2. The highest BCUT2D eigenvalue weighted by Gasteiger charge is 2.31. The number of thiophene rings is 1. The minimum Gasteiger partial charge on any atom is -0.497 e. The molecule has 2 N–H and O–H groups in total. The van der Waals surface area contributed by atoms with Crippen LogP contribution in [0, 0.1) is 0 Å². The number of rotatable bonds is 10. The molecule has 216 valence electrons. The van der Waals surface area contributed by atoms with E-state index in [1.54, 1.807) is 49.3 Å². The number of nitrogens with one attached hydrogen (secondary N) is 2. The van der Waals surface area contributed by atoms with Crippen LogP contribution in [0.1, 0.15) is 58.3 Å². The van der Waals surface area contributed by atoms with Crippen molar-refractivity contribution >= 4 is 57.5 Å². The first-order chi connectivity index (χ1) is 19.7. The Bertz CT molecular complexity index is 1440. The Labute approximate surface area is 247 Å². The third kappa shape index (κ3) is 7.28. The number of carbonyl (C=O) groups excluding carboxylic acids is 4. The van der Waals surface area contributed by atoms with E-state index in [1.165, 1.54) is 30.0 Å². The molecule has 0 saturated heterocycles. The number of esters is 1. The Kier molecular flexibility index (Phi) is 10.1. The summed E-state index contributed by atoms with van der Waals surface area (Å²) in [5.41, 5.74) is 2.32. The highest BCUT2D eigenvalue weighted by atomic mass is 32.2. The van der Waals surface area contributed by atoms with E-state index in [0.717, 1.165) is 15.3 Å². The Balaban J connectivity index is 1.48. The summed E-state index contributed by atoms with van der Waals surface area (Å²) in [5, 5.41) is 5.87. The van der Waals surface area contributed by atoms with E-state index >= 15 is 0 Å². The van der Waals surface area contributed by atoms with Crippen LogP contribution in [0.2, 0.25) is 0 Å². The zero-order valence-corrected chi connectivity index (χ0v) is 25.1. The van der Waals surface area contributed by atoms with Crippen LogP contribution < -0.4 is 15.4 Å². The Morgan fingerprint density at radius 2 is 1.83 bits per heavy atom. The molecule has 1 unspecified atom stereocenters. The van der Waals surface area contributed by atoms with Crippen molar-refractivity contribution in [3.05, 3.63) is 70.1 Å². The molecule has 0 aliphatic carbocycles. The van der Waals surface area contributed by atoms with Gasteiger partial charge in [-0.15, -0.1) is 23.1 Å². The molecule has 3 amide bonds. The second kappa shape index (κ2) is 13.7. The molecule has 0 saturated carbocycles. The van der Waals surface area contributed by atoms with E-state index in [2.05, 4.69) is 10.6 Å². The van der Waals surface area contributed by atoms with Crippen molar-refractivity contribution in [1.82, 2.24) is 4.90 Å². The van der Waals surface area contributed by atoms with Crippen LogP contribution in [-0.4, -0.2) is 54.1 Å². The third-order valence-electron chi connectivity index (χ3n) is 6.60. The minimum atomic E-state index is -0.474. The van der Waals surface area contributed by atoms with E-state index in [0.29, 0.717) is 53.5 Å². The first-order valence-electron chi connectivity index (χ1n) is 13.3. The van der Waals surface area contributed by atoms with Gasteiger partial charge in [0.25, 0.3) is 5.91 Å². The molecule has 0 radical (unpaired) electrons. The molecular weight excluding hydrogens is 562 g/mol. The van der Waals surface area contributed by atoms with Crippen molar-refractivity contribution in [2.75, 3.05) is 30.9 Å². The Morgan fingerprint density at radius 1 is 1.07 bits per heavy atom. The molecule has 0 bridgehead atoms. The quantitative estimate of drug-likeness (QED) is 0.232. The lowest BCUT2D eigenvalue weighted by molar-refractivity contribution is -0.129. The van der Waals surface area contributed by atoms with E-state index < -0.39 is 11.2 Å². The molecule has 4 rings (SSSR count). The monoisotopic (exact) mass is 595 g/mol. The first kappa shape index (κ1) is 30.1. The molecule has 3 aromatic rings. The molecule has 11 heteroatoms. The highest BCUT2D eigenvalue weighted by molar-refractivity contribution is 8.00. The van der Waals surface area contributed by atoms with Crippen molar-refractivity contribution in [3.8, 4) is 5.75 Å². The molecule has 2 heterocycles. The summed E-state index contributed by atoms with van der Waals surface area (Å²) in [5.74, 6) is -0.331. The van der Waals surface area contributed by atoms with E-state index in [9.17, 15) is 19.2 Å². The largest absolute Gasteiger partial charge is 0.497 e. The molecule has 2 aromatic carbocycles. The summed E-state index contributed by atoms with van der Waals surface area (Å²) >= 11 is 2.70. The van der Waals surface area contributed by atoms with Gasteiger partial charge in [-0.2, -0.15) is 0 Å². The van der Waals surface area contributed by atoms with Gasteiger partial charge in [-0.05, 0) is 67.8 Å². The third-order valence-corrected chi connectivity index (χ3v) is 9.09. The van der Waals surface area contributed by atoms with Gasteiger partial charge < -0.3 is 25.0 Å². The first-order valence-corrected chi connectivity index (χ1v) is 15.0. The smallest absolute Gasteiger partial charge is 0.341 e. The van der Waals surface area contributed by atoms with Gasteiger partial charge in [-0.1, -0.05) is 13.0 Å². The lowest BCUT2D eigenvalue weighted by atomic mass is 10.0. The van der Waals surface area contributed by atoms with Crippen molar-refractivity contribution in [2.24, 2.45) is 0 Å². The van der Waals surface area contributed by atoms with Gasteiger partial charge in [0.05, 0.1) is 31.1 Å². The fourth-order valence-corrected chi connectivity index (χ4v) is 6.72.